The molecule has 0 spiro atoms. The SMILES string of the molecule is N#CC1(NC(=O)C(CCC(F)(F)Cc2ccccc2)N[C@@H](c2ccc(F)cc2)C(F)(F)F)CC1. The summed E-state index contributed by atoms with van der Waals surface area (Å²) in [4.78, 5) is 12.8. The van der Waals surface area contributed by atoms with Crippen LogP contribution in [0, 0.1) is 17.1 Å². The van der Waals surface area contributed by atoms with Crippen LogP contribution in [-0.2, 0) is 11.2 Å². The topological polar surface area (TPSA) is 64.9 Å². The second-order valence-corrected chi connectivity index (χ2v) is 8.49. The van der Waals surface area contributed by atoms with Crippen LogP contribution in [0.2, 0.25) is 0 Å². The molecule has 2 aromatic carbocycles. The molecular weight excluding hydrogens is 460 g/mol. The molecule has 1 aliphatic rings. The van der Waals surface area contributed by atoms with E-state index in [0.29, 0.717) is 18.4 Å². The quantitative estimate of drug-likeness (QED) is 0.456. The molecule has 1 aliphatic carbocycles. The van der Waals surface area contributed by atoms with Gasteiger partial charge in [0.1, 0.15) is 17.4 Å². The number of rotatable bonds is 10. The van der Waals surface area contributed by atoms with Crippen molar-refractivity contribution in [1.29, 1.82) is 5.26 Å². The Morgan fingerprint density at radius 3 is 2.18 bits per heavy atom. The zero-order valence-electron chi connectivity index (χ0n) is 18.0. The number of hydrogen-bond donors (Lipinski definition) is 2. The van der Waals surface area contributed by atoms with Crippen LogP contribution in [0.4, 0.5) is 26.3 Å². The first-order valence-corrected chi connectivity index (χ1v) is 10.7. The number of halogens is 6. The summed E-state index contributed by atoms with van der Waals surface area (Å²) < 4.78 is 83.9. The van der Waals surface area contributed by atoms with Gasteiger partial charge >= 0.3 is 6.18 Å². The number of hydrogen-bond acceptors (Lipinski definition) is 3. The lowest BCUT2D eigenvalue weighted by Crippen LogP contribution is -2.52. The Labute approximate surface area is 193 Å². The molecule has 0 aromatic heterocycles. The number of amides is 1. The summed E-state index contributed by atoms with van der Waals surface area (Å²) in [6, 6.07) is 9.21. The minimum Gasteiger partial charge on any atom is -0.336 e. The van der Waals surface area contributed by atoms with E-state index in [1.54, 1.807) is 18.2 Å². The summed E-state index contributed by atoms with van der Waals surface area (Å²) in [5.41, 5.74) is -1.21. The maximum absolute atomic E-state index is 14.6. The van der Waals surface area contributed by atoms with E-state index in [-0.39, 0.29) is 5.56 Å². The lowest BCUT2D eigenvalue weighted by Gasteiger charge is -2.29. The van der Waals surface area contributed by atoms with E-state index in [0.717, 1.165) is 24.3 Å². The van der Waals surface area contributed by atoms with Crippen molar-refractivity contribution >= 4 is 5.91 Å². The Bertz CT molecular complexity index is 1010. The number of nitriles is 1. The highest BCUT2D eigenvalue weighted by atomic mass is 19.4. The normalized spacial score (nSPS) is 16.9. The average molecular weight is 483 g/mol. The molecule has 0 bridgehead atoms. The monoisotopic (exact) mass is 483 g/mol. The molecule has 2 atom stereocenters. The zero-order valence-corrected chi connectivity index (χ0v) is 18.0. The van der Waals surface area contributed by atoms with Crippen LogP contribution in [0.5, 0.6) is 0 Å². The predicted molar refractivity (Wildman–Crippen MR) is 112 cm³/mol. The summed E-state index contributed by atoms with van der Waals surface area (Å²) in [5, 5.41) is 13.7. The molecule has 0 aliphatic heterocycles. The maximum Gasteiger partial charge on any atom is 0.407 e. The summed E-state index contributed by atoms with van der Waals surface area (Å²) in [5.74, 6) is -4.99. The van der Waals surface area contributed by atoms with Crippen LogP contribution in [0.3, 0.4) is 0 Å². The molecule has 4 nitrogen and oxygen atoms in total. The van der Waals surface area contributed by atoms with Crippen molar-refractivity contribution in [3.8, 4) is 6.07 Å². The Morgan fingerprint density at radius 1 is 1.03 bits per heavy atom. The van der Waals surface area contributed by atoms with E-state index in [1.807, 2.05) is 6.07 Å². The molecule has 34 heavy (non-hydrogen) atoms. The molecule has 10 heteroatoms. The lowest BCUT2D eigenvalue weighted by atomic mass is 9.98. The van der Waals surface area contributed by atoms with Gasteiger partial charge in [-0.3, -0.25) is 10.1 Å². The van der Waals surface area contributed by atoms with Gasteiger partial charge in [-0.1, -0.05) is 42.5 Å². The van der Waals surface area contributed by atoms with Crippen LogP contribution in [-0.4, -0.2) is 29.6 Å². The first kappa shape index (κ1) is 25.6. The second-order valence-electron chi connectivity index (χ2n) is 8.49. The number of carbonyl (C=O) groups excluding carboxylic acids is 1. The van der Waals surface area contributed by atoms with E-state index < -0.39 is 60.7 Å². The van der Waals surface area contributed by atoms with Gasteiger partial charge in [0.05, 0.1) is 12.1 Å². The largest absolute Gasteiger partial charge is 0.407 e. The minimum absolute atomic E-state index is 0.326. The first-order valence-electron chi connectivity index (χ1n) is 10.7. The zero-order chi connectivity index (χ0) is 25.0. The van der Waals surface area contributed by atoms with Crippen molar-refractivity contribution in [3.63, 3.8) is 0 Å². The fraction of sp³-hybridized carbons (Fsp3) is 0.417. The molecular formula is C24H23F6N3O. The highest BCUT2D eigenvalue weighted by Gasteiger charge is 2.48. The number of carbonyl (C=O) groups is 1. The number of benzene rings is 2. The van der Waals surface area contributed by atoms with Crippen LogP contribution in [0.15, 0.2) is 54.6 Å². The van der Waals surface area contributed by atoms with Gasteiger partial charge in [-0.25, -0.2) is 13.2 Å². The summed E-state index contributed by atoms with van der Waals surface area (Å²) in [7, 11) is 0. The Balaban J connectivity index is 1.80. The van der Waals surface area contributed by atoms with Gasteiger partial charge < -0.3 is 5.32 Å². The van der Waals surface area contributed by atoms with Crippen LogP contribution < -0.4 is 10.6 Å². The second kappa shape index (κ2) is 10.1. The molecule has 0 heterocycles. The van der Waals surface area contributed by atoms with E-state index >= 15 is 0 Å². The number of nitrogens with zero attached hydrogens (tertiary/aromatic N) is 1. The molecule has 182 valence electrons. The third-order valence-electron chi connectivity index (χ3n) is 5.65. The van der Waals surface area contributed by atoms with Gasteiger partial charge in [0.15, 0.2) is 0 Å². The van der Waals surface area contributed by atoms with Crippen LogP contribution in [0.1, 0.15) is 42.9 Å². The van der Waals surface area contributed by atoms with Crippen LogP contribution >= 0.6 is 0 Å². The maximum atomic E-state index is 14.6. The molecule has 0 radical (unpaired) electrons. The smallest absolute Gasteiger partial charge is 0.336 e. The molecule has 2 N–H and O–H groups in total. The number of alkyl halides is 5. The van der Waals surface area contributed by atoms with E-state index in [2.05, 4.69) is 10.6 Å². The van der Waals surface area contributed by atoms with Crippen LogP contribution in [0.25, 0.3) is 0 Å². The van der Waals surface area contributed by atoms with Crippen molar-refractivity contribution in [3.05, 3.63) is 71.5 Å². The standard InChI is InChI=1S/C24H23F6N3O/c25-18-8-6-17(7-9-18)20(24(28,29)30)32-19(21(34)33-22(15-31)12-13-22)10-11-23(26,27)14-16-4-2-1-3-5-16/h1-9,19-20,32H,10-14H2,(H,33,34)/t19?,20-/m0/s1. The minimum atomic E-state index is -4.89. The van der Waals surface area contributed by atoms with Gasteiger partial charge in [0.2, 0.25) is 5.91 Å². The number of nitrogens with one attached hydrogen (secondary N) is 2. The van der Waals surface area contributed by atoms with Gasteiger partial charge in [-0.2, -0.15) is 18.4 Å². The van der Waals surface area contributed by atoms with Gasteiger partial charge in [-0.05, 0) is 42.5 Å². The first-order chi connectivity index (χ1) is 15.9. The van der Waals surface area contributed by atoms with E-state index in [4.69, 9.17) is 0 Å². The molecule has 1 unspecified atom stereocenters. The Hall–Kier alpha value is -3.06. The van der Waals surface area contributed by atoms with E-state index in [1.165, 1.54) is 12.1 Å². The summed E-state index contributed by atoms with van der Waals surface area (Å²) >= 11 is 0. The fourth-order valence-electron chi connectivity index (χ4n) is 3.58. The molecule has 3 rings (SSSR count). The molecule has 1 fully saturated rings. The third-order valence-corrected chi connectivity index (χ3v) is 5.65. The van der Waals surface area contributed by atoms with Crippen molar-refractivity contribution in [2.45, 2.75) is 61.8 Å². The molecule has 1 amide bonds. The van der Waals surface area contributed by atoms with Crippen molar-refractivity contribution in [1.82, 2.24) is 10.6 Å². The van der Waals surface area contributed by atoms with E-state index in [9.17, 15) is 36.4 Å². The molecule has 2 aromatic rings. The Kier molecular flexibility index (Phi) is 7.56. The van der Waals surface area contributed by atoms with Gasteiger partial charge in [-0.15, -0.1) is 0 Å². The average Bonchev–Trinajstić information content (AvgIpc) is 3.54. The van der Waals surface area contributed by atoms with Gasteiger partial charge in [0.25, 0.3) is 5.92 Å². The van der Waals surface area contributed by atoms with Crippen molar-refractivity contribution in [2.24, 2.45) is 0 Å². The summed E-state index contributed by atoms with van der Waals surface area (Å²) in [6.45, 7) is 0. The lowest BCUT2D eigenvalue weighted by molar-refractivity contribution is -0.161. The molecule has 0 saturated heterocycles. The van der Waals surface area contributed by atoms with Gasteiger partial charge in [0, 0.05) is 12.8 Å². The van der Waals surface area contributed by atoms with Crippen molar-refractivity contribution in [2.75, 3.05) is 0 Å². The predicted octanol–water partition coefficient (Wildman–Crippen LogP) is 5.22. The van der Waals surface area contributed by atoms with Crippen molar-refractivity contribution < 1.29 is 31.1 Å². The Morgan fingerprint density at radius 2 is 1.65 bits per heavy atom. The highest BCUT2D eigenvalue weighted by molar-refractivity contribution is 5.83. The fourth-order valence-corrected chi connectivity index (χ4v) is 3.58. The molecule has 1 saturated carbocycles. The third kappa shape index (κ3) is 6.97. The summed E-state index contributed by atoms with van der Waals surface area (Å²) in [6.07, 6.45) is -6.35. The highest BCUT2D eigenvalue weighted by Crippen LogP contribution is 2.36.